The lowest BCUT2D eigenvalue weighted by Crippen LogP contribution is -2.10. The van der Waals surface area contributed by atoms with Gasteiger partial charge in [0.05, 0.1) is 10.6 Å². The van der Waals surface area contributed by atoms with Crippen molar-refractivity contribution in [2.75, 3.05) is 0 Å². The predicted octanol–water partition coefficient (Wildman–Crippen LogP) is 2.76. The van der Waals surface area contributed by atoms with Crippen LogP contribution in [0.15, 0.2) is 36.4 Å². The summed E-state index contributed by atoms with van der Waals surface area (Å²) in [5.74, 6) is -0.290. The number of hydrogen-bond donors (Lipinski definition) is 0. The monoisotopic (exact) mass is 271 g/mol. The average molecular weight is 271 g/mol. The van der Waals surface area contributed by atoms with Crippen LogP contribution in [0.2, 0.25) is 0 Å². The van der Waals surface area contributed by atoms with Gasteiger partial charge < -0.3 is 0 Å². The van der Waals surface area contributed by atoms with Crippen molar-refractivity contribution < 1.29 is 9.72 Å². The minimum atomic E-state index is -0.472. The number of nitro benzene ring substituents is 1. The topological polar surface area (TPSA) is 78.0 Å². The van der Waals surface area contributed by atoms with E-state index in [1.807, 2.05) is 0 Å². The van der Waals surface area contributed by atoms with Crippen molar-refractivity contribution in [3.05, 3.63) is 63.5 Å². The van der Waals surface area contributed by atoms with E-state index < -0.39 is 4.92 Å². The Morgan fingerprint density at radius 3 is 2.70 bits per heavy atom. The minimum absolute atomic E-state index is 0.00860. The van der Waals surface area contributed by atoms with Gasteiger partial charge in [-0.2, -0.15) is 5.10 Å². The zero-order chi connectivity index (χ0) is 14.7. The highest BCUT2D eigenvalue weighted by Gasteiger charge is 2.07. The first-order valence-electron chi connectivity index (χ1n) is 5.97. The van der Waals surface area contributed by atoms with Crippen molar-refractivity contribution in [3.8, 4) is 0 Å². The zero-order valence-corrected chi connectivity index (χ0v) is 11.1. The maximum atomic E-state index is 12.0. The normalized spacial score (nSPS) is 10.9. The Balaban J connectivity index is 2.21. The fourth-order valence-electron chi connectivity index (χ4n) is 1.83. The Labute approximate surface area is 115 Å². The summed E-state index contributed by atoms with van der Waals surface area (Å²) in [5.41, 5.74) is 2.09. The lowest BCUT2D eigenvalue weighted by Gasteiger charge is -1.98. The molecule has 0 saturated carbocycles. The molecule has 1 heterocycles. The molecule has 6 nitrogen and oxygen atoms in total. The number of aryl methyl sites for hydroxylation is 2. The fourth-order valence-corrected chi connectivity index (χ4v) is 1.83. The number of rotatable bonds is 3. The molecular formula is C14H13N3O3. The number of nitro groups is 1. The molecule has 0 bridgehead atoms. The van der Waals surface area contributed by atoms with Crippen molar-refractivity contribution in [2.45, 2.75) is 13.8 Å². The Hall–Kier alpha value is -2.76. The van der Waals surface area contributed by atoms with Crippen molar-refractivity contribution in [3.63, 3.8) is 0 Å². The Kier molecular flexibility index (Phi) is 3.74. The molecule has 0 radical (unpaired) electrons. The van der Waals surface area contributed by atoms with Crippen LogP contribution in [0.4, 0.5) is 5.69 Å². The third-order valence-electron chi connectivity index (χ3n) is 2.72. The Bertz CT molecular complexity index is 701. The highest BCUT2D eigenvalue weighted by Crippen LogP contribution is 2.14. The molecule has 2 rings (SSSR count). The van der Waals surface area contributed by atoms with Gasteiger partial charge in [-0.15, -0.1) is 0 Å². The molecule has 2 aromatic rings. The number of non-ortho nitro benzene ring substituents is 1. The van der Waals surface area contributed by atoms with Gasteiger partial charge in [0.2, 0.25) is 0 Å². The summed E-state index contributed by atoms with van der Waals surface area (Å²) in [6, 6.07) is 7.88. The summed E-state index contributed by atoms with van der Waals surface area (Å²) in [6.07, 6.45) is 2.88. The first kappa shape index (κ1) is 13.7. The van der Waals surface area contributed by atoms with Crippen LogP contribution in [0, 0.1) is 24.0 Å². The van der Waals surface area contributed by atoms with Crippen molar-refractivity contribution in [1.29, 1.82) is 0 Å². The molecule has 1 aromatic heterocycles. The molecule has 20 heavy (non-hydrogen) atoms. The van der Waals surface area contributed by atoms with Gasteiger partial charge in [-0.25, -0.2) is 4.68 Å². The van der Waals surface area contributed by atoms with E-state index in [9.17, 15) is 14.9 Å². The molecule has 0 spiro atoms. The van der Waals surface area contributed by atoms with Gasteiger partial charge in [0, 0.05) is 23.9 Å². The lowest BCUT2D eigenvalue weighted by molar-refractivity contribution is -0.384. The van der Waals surface area contributed by atoms with E-state index in [4.69, 9.17) is 0 Å². The molecular weight excluding hydrogens is 258 g/mol. The SMILES string of the molecule is Cc1cc(C)n(C(=O)C=Cc2cccc([N+](=O)[O-])c2)n1. The average Bonchev–Trinajstić information content (AvgIpc) is 2.75. The number of allylic oxidation sites excluding steroid dienone is 1. The third kappa shape index (κ3) is 2.97. The van der Waals surface area contributed by atoms with E-state index in [0.29, 0.717) is 5.56 Å². The predicted molar refractivity (Wildman–Crippen MR) is 74.5 cm³/mol. The highest BCUT2D eigenvalue weighted by molar-refractivity contribution is 5.93. The molecule has 0 aliphatic carbocycles. The second-order valence-electron chi connectivity index (χ2n) is 4.36. The van der Waals surface area contributed by atoms with Crippen LogP contribution in [0.25, 0.3) is 6.08 Å². The van der Waals surface area contributed by atoms with Crippen molar-refractivity contribution in [2.24, 2.45) is 0 Å². The van der Waals surface area contributed by atoms with E-state index >= 15 is 0 Å². The van der Waals surface area contributed by atoms with Gasteiger partial charge >= 0.3 is 0 Å². The second kappa shape index (κ2) is 5.48. The van der Waals surface area contributed by atoms with Gasteiger partial charge in [-0.3, -0.25) is 14.9 Å². The first-order valence-corrected chi connectivity index (χ1v) is 5.97. The maximum absolute atomic E-state index is 12.0. The van der Waals surface area contributed by atoms with Crippen LogP contribution in [0.5, 0.6) is 0 Å². The summed E-state index contributed by atoms with van der Waals surface area (Å²) in [4.78, 5) is 22.1. The highest BCUT2D eigenvalue weighted by atomic mass is 16.6. The van der Waals surface area contributed by atoms with Crippen LogP contribution in [-0.4, -0.2) is 20.6 Å². The number of aromatic nitrogens is 2. The number of carbonyl (C=O) groups is 1. The molecule has 0 aliphatic rings. The van der Waals surface area contributed by atoms with E-state index in [0.717, 1.165) is 11.4 Å². The zero-order valence-electron chi connectivity index (χ0n) is 11.1. The molecule has 102 valence electrons. The number of benzene rings is 1. The summed E-state index contributed by atoms with van der Waals surface area (Å²) in [5, 5.41) is 14.7. The van der Waals surface area contributed by atoms with Gasteiger partial charge in [0.15, 0.2) is 0 Å². The van der Waals surface area contributed by atoms with Gasteiger partial charge in [0.1, 0.15) is 0 Å². The number of hydrogen-bond acceptors (Lipinski definition) is 4. The maximum Gasteiger partial charge on any atom is 0.271 e. The van der Waals surface area contributed by atoms with Gasteiger partial charge in [0.25, 0.3) is 11.6 Å². The van der Waals surface area contributed by atoms with E-state index in [2.05, 4.69) is 5.10 Å². The molecule has 0 saturated heterocycles. The van der Waals surface area contributed by atoms with Crippen LogP contribution in [-0.2, 0) is 0 Å². The largest absolute Gasteiger partial charge is 0.271 e. The molecule has 0 aliphatic heterocycles. The number of carbonyl (C=O) groups excluding carboxylic acids is 1. The second-order valence-corrected chi connectivity index (χ2v) is 4.36. The van der Waals surface area contributed by atoms with Crippen LogP contribution >= 0.6 is 0 Å². The summed E-state index contributed by atoms with van der Waals surface area (Å²) < 4.78 is 1.29. The van der Waals surface area contributed by atoms with Crippen LogP contribution < -0.4 is 0 Å². The Morgan fingerprint density at radius 2 is 2.10 bits per heavy atom. The van der Waals surface area contributed by atoms with Gasteiger partial charge in [-0.1, -0.05) is 12.1 Å². The summed E-state index contributed by atoms with van der Waals surface area (Å²) in [7, 11) is 0. The summed E-state index contributed by atoms with van der Waals surface area (Å²) >= 11 is 0. The van der Waals surface area contributed by atoms with Gasteiger partial charge in [-0.05, 0) is 31.6 Å². The molecule has 0 atom stereocenters. The van der Waals surface area contributed by atoms with E-state index in [-0.39, 0.29) is 11.6 Å². The van der Waals surface area contributed by atoms with Crippen LogP contribution in [0.1, 0.15) is 21.7 Å². The summed E-state index contributed by atoms with van der Waals surface area (Å²) in [6.45, 7) is 3.60. The molecule has 0 fully saturated rings. The number of nitrogens with zero attached hydrogens (tertiary/aromatic N) is 3. The molecule has 0 unspecified atom stereocenters. The third-order valence-corrected chi connectivity index (χ3v) is 2.72. The fraction of sp³-hybridized carbons (Fsp3) is 0.143. The Morgan fingerprint density at radius 1 is 1.35 bits per heavy atom. The van der Waals surface area contributed by atoms with Crippen molar-refractivity contribution >= 4 is 17.7 Å². The standard InChI is InChI=1S/C14H13N3O3/c1-10-8-11(2)16(15-10)14(18)7-6-12-4-3-5-13(9-12)17(19)20/h3-9H,1-2H3. The van der Waals surface area contributed by atoms with E-state index in [1.54, 1.807) is 32.0 Å². The molecule has 6 heteroatoms. The van der Waals surface area contributed by atoms with Crippen LogP contribution in [0.3, 0.4) is 0 Å². The van der Waals surface area contributed by atoms with E-state index in [1.165, 1.54) is 29.0 Å². The quantitative estimate of drug-likeness (QED) is 0.488. The smallest absolute Gasteiger partial charge is 0.267 e. The van der Waals surface area contributed by atoms with Crippen molar-refractivity contribution in [1.82, 2.24) is 9.78 Å². The molecule has 0 N–H and O–H groups in total. The molecule has 0 amide bonds. The molecule has 1 aromatic carbocycles. The lowest BCUT2D eigenvalue weighted by atomic mass is 10.2. The first-order chi connectivity index (χ1) is 9.47. The minimum Gasteiger partial charge on any atom is -0.267 e.